The van der Waals surface area contributed by atoms with E-state index >= 15 is 0 Å². The highest BCUT2D eigenvalue weighted by Crippen LogP contribution is 2.18. The molecule has 1 aliphatic rings. The molecular formula is C25H28N4O4. The van der Waals surface area contributed by atoms with Crippen molar-refractivity contribution < 1.29 is 19.6 Å². The third kappa shape index (κ3) is 6.54. The lowest BCUT2D eigenvalue weighted by Gasteiger charge is -2.37. The number of piperazine rings is 1. The van der Waals surface area contributed by atoms with Crippen molar-refractivity contribution in [3.05, 3.63) is 77.4 Å². The Balaban J connectivity index is 1.55. The average Bonchev–Trinajstić information content (AvgIpc) is 2.86. The minimum atomic E-state index is -0.600. The van der Waals surface area contributed by atoms with E-state index in [1.807, 2.05) is 53.4 Å². The second-order valence-corrected chi connectivity index (χ2v) is 7.87. The van der Waals surface area contributed by atoms with Gasteiger partial charge in [0.2, 0.25) is 0 Å². The Kier molecular flexibility index (Phi) is 7.99. The first-order valence-corrected chi connectivity index (χ1v) is 10.6. The van der Waals surface area contributed by atoms with Crippen LogP contribution < -0.4 is 10.4 Å². The Labute approximate surface area is 193 Å². The van der Waals surface area contributed by atoms with E-state index in [9.17, 15) is 14.4 Å². The van der Waals surface area contributed by atoms with Crippen molar-refractivity contribution in [2.45, 2.75) is 0 Å². The average molecular weight is 449 g/mol. The summed E-state index contributed by atoms with van der Waals surface area (Å²) in [5, 5.41) is 8.49. The van der Waals surface area contributed by atoms with Crippen molar-refractivity contribution in [2.24, 2.45) is 0 Å². The molecule has 0 radical (unpaired) electrons. The summed E-state index contributed by atoms with van der Waals surface area (Å²) in [7, 11) is 3.51. The van der Waals surface area contributed by atoms with Crippen LogP contribution in [0, 0.1) is 0 Å². The number of amides is 3. The molecule has 8 heteroatoms. The van der Waals surface area contributed by atoms with Crippen molar-refractivity contribution in [1.82, 2.24) is 15.3 Å². The number of urea groups is 1. The number of benzene rings is 2. The van der Waals surface area contributed by atoms with Gasteiger partial charge in [-0.05, 0) is 47.5 Å². The zero-order valence-electron chi connectivity index (χ0n) is 18.8. The van der Waals surface area contributed by atoms with Gasteiger partial charge in [0.15, 0.2) is 5.78 Å². The number of allylic oxidation sites excluding steroid dienone is 1. The van der Waals surface area contributed by atoms with E-state index in [4.69, 9.17) is 5.21 Å². The van der Waals surface area contributed by atoms with Crippen LogP contribution in [0.25, 0.3) is 12.2 Å². The highest BCUT2D eigenvalue weighted by atomic mass is 16.5. The molecule has 0 bridgehead atoms. The quantitative estimate of drug-likeness (QED) is 0.307. The number of nitrogens with one attached hydrogen (secondary N) is 1. The molecule has 2 aromatic carbocycles. The third-order valence-corrected chi connectivity index (χ3v) is 5.35. The summed E-state index contributed by atoms with van der Waals surface area (Å²) in [6.45, 7) is 2.85. The molecule has 1 heterocycles. The molecule has 3 rings (SSSR count). The lowest BCUT2D eigenvalue weighted by Crippen LogP contribution is -2.51. The van der Waals surface area contributed by atoms with Gasteiger partial charge in [0.25, 0.3) is 5.91 Å². The first kappa shape index (κ1) is 23.7. The number of hydrogen-bond acceptors (Lipinski definition) is 5. The number of nitrogens with zero attached hydrogens (tertiary/aromatic N) is 3. The maximum atomic E-state index is 12.5. The van der Waals surface area contributed by atoms with Gasteiger partial charge in [0.1, 0.15) is 0 Å². The van der Waals surface area contributed by atoms with Gasteiger partial charge in [-0.25, -0.2) is 10.3 Å². The van der Waals surface area contributed by atoms with Crippen molar-refractivity contribution in [2.75, 3.05) is 45.2 Å². The van der Waals surface area contributed by atoms with E-state index in [0.29, 0.717) is 18.7 Å². The molecule has 1 aliphatic heterocycles. The van der Waals surface area contributed by atoms with Gasteiger partial charge in [-0.1, -0.05) is 30.3 Å². The molecule has 2 aromatic rings. The zero-order chi connectivity index (χ0) is 23.8. The molecule has 172 valence electrons. The standard InChI is InChI=1S/C25H28N4O4/c1-27(2)25(32)29-17-15-28(16-18-29)22-11-9-21(10-12-22)23(30)13-7-19-3-5-20(6-4-19)8-14-24(31)26-33/h3-14,33H,15-18H2,1-2H3,(H,26,31)/b13-7+,14-8+. The highest BCUT2D eigenvalue weighted by Gasteiger charge is 2.22. The topological polar surface area (TPSA) is 93.2 Å². The molecule has 8 nitrogen and oxygen atoms in total. The predicted molar refractivity (Wildman–Crippen MR) is 128 cm³/mol. The molecular weight excluding hydrogens is 420 g/mol. The second-order valence-electron chi connectivity index (χ2n) is 7.87. The van der Waals surface area contributed by atoms with Crippen LogP contribution in [-0.4, -0.2) is 73.0 Å². The van der Waals surface area contributed by atoms with Gasteiger partial charge in [0, 0.05) is 57.6 Å². The fourth-order valence-corrected chi connectivity index (χ4v) is 3.47. The van der Waals surface area contributed by atoms with Crippen LogP contribution in [-0.2, 0) is 4.79 Å². The van der Waals surface area contributed by atoms with Crippen LogP contribution in [0.3, 0.4) is 0 Å². The summed E-state index contributed by atoms with van der Waals surface area (Å²) in [4.78, 5) is 41.3. The van der Waals surface area contributed by atoms with Crippen LogP contribution >= 0.6 is 0 Å². The van der Waals surface area contributed by atoms with Crippen molar-refractivity contribution >= 4 is 35.6 Å². The molecule has 1 fully saturated rings. The van der Waals surface area contributed by atoms with E-state index in [1.165, 1.54) is 17.6 Å². The zero-order valence-corrected chi connectivity index (χ0v) is 18.8. The highest BCUT2D eigenvalue weighted by molar-refractivity contribution is 6.07. The third-order valence-electron chi connectivity index (χ3n) is 5.35. The van der Waals surface area contributed by atoms with Crippen LogP contribution in [0.5, 0.6) is 0 Å². The van der Waals surface area contributed by atoms with E-state index in [-0.39, 0.29) is 11.8 Å². The molecule has 0 saturated carbocycles. The molecule has 0 atom stereocenters. The van der Waals surface area contributed by atoms with Crippen LogP contribution in [0.4, 0.5) is 10.5 Å². The maximum Gasteiger partial charge on any atom is 0.319 e. The van der Waals surface area contributed by atoms with E-state index in [1.54, 1.807) is 31.1 Å². The molecule has 0 unspecified atom stereocenters. The first-order valence-electron chi connectivity index (χ1n) is 10.6. The lowest BCUT2D eigenvalue weighted by atomic mass is 10.1. The fourth-order valence-electron chi connectivity index (χ4n) is 3.47. The number of carbonyl (C=O) groups excluding carboxylic acids is 3. The maximum absolute atomic E-state index is 12.5. The lowest BCUT2D eigenvalue weighted by molar-refractivity contribution is -0.124. The van der Waals surface area contributed by atoms with Crippen molar-refractivity contribution in [1.29, 1.82) is 0 Å². The summed E-state index contributed by atoms with van der Waals surface area (Å²) in [6, 6.07) is 14.8. The van der Waals surface area contributed by atoms with Crippen LogP contribution in [0.2, 0.25) is 0 Å². The number of hydroxylamine groups is 1. The monoisotopic (exact) mass is 448 g/mol. The molecule has 0 aromatic heterocycles. The largest absolute Gasteiger partial charge is 0.368 e. The Bertz CT molecular complexity index is 1040. The van der Waals surface area contributed by atoms with Gasteiger partial charge in [-0.2, -0.15) is 0 Å². The molecule has 33 heavy (non-hydrogen) atoms. The number of carbonyl (C=O) groups is 3. The molecule has 1 saturated heterocycles. The van der Waals surface area contributed by atoms with Crippen molar-refractivity contribution in [3.63, 3.8) is 0 Å². The van der Waals surface area contributed by atoms with Gasteiger partial charge in [-0.15, -0.1) is 0 Å². The Morgan fingerprint density at radius 3 is 1.91 bits per heavy atom. The summed E-state index contributed by atoms with van der Waals surface area (Å²) >= 11 is 0. The number of rotatable bonds is 6. The van der Waals surface area contributed by atoms with Gasteiger partial charge >= 0.3 is 6.03 Å². The minimum Gasteiger partial charge on any atom is -0.368 e. The number of hydrogen-bond donors (Lipinski definition) is 2. The smallest absolute Gasteiger partial charge is 0.319 e. The minimum absolute atomic E-state index is 0.0302. The SMILES string of the molecule is CN(C)C(=O)N1CCN(c2ccc(C(=O)/C=C/c3ccc(/C=C/C(=O)NO)cc3)cc2)CC1. The normalized spacial score (nSPS) is 14.0. The molecule has 2 N–H and O–H groups in total. The first-order chi connectivity index (χ1) is 15.9. The van der Waals surface area contributed by atoms with Gasteiger partial charge in [-0.3, -0.25) is 14.8 Å². The summed E-state index contributed by atoms with van der Waals surface area (Å²) in [6.07, 6.45) is 6.07. The summed E-state index contributed by atoms with van der Waals surface area (Å²) in [5.41, 5.74) is 4.82. The van der Waals surface area contributed by atoms with Gasteiger partial charge < -0.3 is 14.7 Å². The Morgan fingerprint density at radius 1 is 0.848 bits per heavy atom. The van der Waals surface area contributed by atoms with Crippen LogP contribution in [0.1, 0.15) is 21.5 Å². The van der Waals surface area contributed by atoms with Gasteiger partial charge in [0.05, 0.1) is 0 Å². The second kappa shape index (κ2) is 11.1. The Morgan fingerprint density at radius 2 is 1.39 bits per heavy atom. The summed E-state index contributed by atoms with van der Waals surface area (Å²) in [5.74, 6) is -0.691. The summed E-state index contributed by atoms with van der Waals surface area (Å²) < 4.78 is 0. The molecule has 0 spiro atoms. The van der Waals surface area contributed by atoms with Crippen molar-refractivity contribution in [3.8, 4) is 0 Å². The van der Waals surface area contributed by atoms with E-state index < -0.39 is 5.91 Å². The number of anilines is 1. The number of ketones is 1. The van der Waals surface area contributed by atoms with Crippen LogP contribution in [0.15, 0.2) is 60.7 Å². The fraction of sp³-hybridized carbons (Fsp3) is 0.240. The van der Waals surface area contributed by atoms with E-state index in [0.717, 1.165) is 29.9 Å². The predicted octanol–water partition coefficient (Wildman–Crippen LogP) is 2.90. The Hall–Kier alpha value is -3.91. The van der Waals surface area contributed by atoms with E-state index in [2.05, 4.69) is 4.90 Å². The molecule has 0 aliphatic carbocycles. The molecule has 3 amide bonds.